The van der Waals surface area contributed by atoms with Gasteiger partial charge in [-0.1, -0.05) is 0 Å². The van der Waals surface area contributed by atoms with Crippen molar-refractivity contribution in [1.82, 2.24) is 24.1 Å². The summed E-state index contributed by atoms with van der Waals surface area (Å²) in [5.41, 5.74) is 1.65. The van der Waals surface area contributed by atoms with Crippen molar-refractivity contribution in [3.8, 4) is 0 Å². The maximum atomic E-state index is 12.6. The van der Waals surface area contributed by atoms with E-state index in [4.69, 9.17) is 0 Å². The fourth-order valence-corrected chi connectivity index (χ4v) is 2.51. The molecular formula is C16H12N6O2. The number of aromatic nitrogens is 5. The maximum absolute atomic E-state index is 12.6. The Bertz CT molecular complexity index is 1100. The van der Waals surface area contributed by atoms with E-state index in [9.17, 15) is 9.59 Å². The zero-order valence-electron chi connectivity index (χ0n) is 12.5. The Labute approximate surface area is 135 Å². The number of anilines is 1. The summed E-state index contributed by atoms with van der Waals surface area (Å²) < 4.78 is 2.94. The molecule has 0 radical (unpaired) electrons. The number of rotatable bonds is 3. The van der Waals surface area contributed by atoms with Gasteiger partial charge in [0.2, 0.25) is 5.91 Å². The summed E-state index contributed by atoms with van der Waals surface area (Å²) in [5.74, 6) is -0.296. The van der Waals surface area contributed by atoms with Crippen LogP contribution < -0.4 is 10.9 Å². The summed E-state index contributed by atoms with van der Waals surface area (Å²) in [6.07, 6.45) is 7.87. The summed E-state index contributed by atoms with van der Waals surface area (Å²) >= 11 is 0. The van der Waals surface area contributed by atoms with Crippen LogP contribution >= 0.6 is 0 Å². The number of amides is 1. The van der Waals surface area contributed by atoms with Crippen LogP contribution in [0.3, 0.4) is 0 Å². The first-order valence-electron chi connectivity index (χ1n) is 7.24. The Hall–Kier alpha value is -3.55. The minimum atomic E-state index is -0.296. The van der Waals surface area contributed by atoms with Crippen LogP contribution in [0, 0.1) is 0 Å². The second-order valence-corrected chi connectivity index (χ2v) is 5.19. The second kappa shape index (κ2) is 5.58. The van der Waals surface area contributed by atoms with E-state index in [1.54, 1.807) is 53.6 Å². The molecule has 0 atom stereocenters. The van der Waals surface area contributed by atoms with Crippen molar-refractivity contribution < 1.29 is 4.79 Å². The first-order chi connectivity index (χ1) is 11.7. The van der Waals surface area contributed by atoms with Crippen molar-refractivity contribution in [2.24, 2.45) is 0 Å². The molecular weight excluding hydrogens is 308 g/mol. The lowest BCUT2D eigenvalue weighted by molar-refractivity contribution is -0.116. The SMILES string of the molecule is O=C(Cn1ccc2c(cnc3ccnn32)c1=O)Nc1ccncc1. The van der Waals surface area contributed by atoms with E-state index < -0.39 is 0 Å². The zero-order chi connectivity index (χ0) is 16.5. The largest absolute Gasteiger partial charge is 0.324 e. The smallest absolute Gasteiger partial charge is 0.262 e. The standard InChI is InChI=1S/C16H12N6O2/c23-15(20-11-1-5-17-6-2-11)10-21-8-4-13-12(16(21)24)9-18-14-3-7-19-22(13)14/h1-9H,10H2,(H,17,20,23). The van der Waals surface area contributed by atoms with Crippen molar-refractivity contribution in [1.29, 1.82) is 0 Å². The van der Waals surface area contributed by atoms with Crippen LogP contribution in [0.4, 0.5) is 5.69 Å². The Morgan fingerprint density at radius 1 is 1.12 bits per heavy atom. The normalized spacial score (nSPS) is 11.0. The van der Waals surface area contributed by atoms with E-state index in [2.05, 4.69) is 20.4 Å². The number of carbonyl (C=O) groups excluding carboxylic acids is 1. The van der Waals surface area contributed by atoms with Gasteiger partial charge in [-0.15, -0.1) is 0 Å². The second-order valence-electron chi connectivity index (χ2n) is 5.19. The Balaban J connectivity index is 1.67. The summed E-state index contributed by atoms with van der Waals surface area (Å²) in [4.78, 5) is 32.8. The van der Waals surface area contributed by atoms with Crippen LogP contribution in [0.5, 0.6) is 0 Å². The predicted octanol–water partition coefficient (Wildman–Crippen LogP) is 1.08. The summed E-state index contributed by atoms with van der Waals surface area (Å²) in [5, 5.41) is 7.28. The molecule has 4 aromatic heterocycles. The van der Waals surface area contributed by atoms with Gasteiger partial charge in [0.05, 0.1) is 17.1 Å². The molecule has 1 amide bonds. The molecule has 24 heavy (non-hydrogen) atoms. The van der Waals surface area contributed by atoms with Gasteiger partial charge in [0.1, 0.15) is 6.54 Å². The van der Waals surface area contributed by atoms with E-state index in [0.717, 1.165) is 0 Å². The third-order valence-corrected chi connectivity index (χ3v) is 3.63. The lowest BCUT2D eigenvalue weighted by Gasteiger charge is -2.08. The first-order valence-corrected chi connectivity index (χ1v) is 7.24. The van der Waals surface area contributed by atoms with Gasteiger partial charge in [-0.05, 0) is 18.2 Å². The molecule has 1 N–H and O–H groups in total. The number of hydrogen-bond donors (Lipinski definition) is 1. The molecule has 4 aromatic rings. The van der Waals surface area contributed by atoms with Crippen LogP contribution in [-0.4, -0.2) is 30.1 Å². The maximum Gasteiger partial charge on any atom is 0.262 e. The highest BCUT2D eigenvalue weighted by Crippen LogP contribution is 2.10. The van der Waals surface area contributed by atoms with Gasteiger partial charge in [-0.2, -0.15) is 5.10 Å². The lowest BCUT2D eigenvalue weighted by atomic mass is 10.3. The minimum Gasteiger partial charge on any atom is -0.324 e. The van der Waals surface area contributed by atoms with Crippen molar-refractivity contribution >= 4 is 28.1 Å². The Morgan fingerprint density at radius 3 is 2.79 bits per heavy atom. The zero-order valence-corrected chi connectivity index (χ0v) is 12.5. The number of hydrogen-bond acceptors (Lipinski definition) is 5. The molecule has 0 aliphatic carbocycles. The van der Waals surface area contributed by atoms with Crippen LogP contribution in [0.1, 0.15) is 0 Å². The topological polar surface area (TPSA) is 94.2 Å². The van der Waals surface area contributed by atoms with Crippen molar-refractivity contribution in [2.45, 2.75) is 6.54 Å². The third-order valence-electron chi connectivity index (χ3n) is 3.63. The molecule has 0 unspecified atom stereocenters. The Morgan fingerprint density at radius 2 is 1.96 bits per heavy atom. The van der Waals surface area contributed by atoms with Crippen LogP contribution in [0.25, 0.3) is 16.6 Å². The molecule has 0 spiro atoms. The quantitative estimate of drug-likeness (QED) is 0.609. The summed E-state index contributed by atoms with van der Waals surface area (Å²) in [6.45, 7) is -0.0890. The third kappa shape index (κ3) is 2.39. The molecule has 0 aliphatic rings. The highest BCUT2D eigenvalue weighted by atomic mass is 16.2. The van der Waals surface area contributed by atoms with Crippen LogP contribution in [-0.2, 0) is 11.3 Å². The van der Waals surface area contributed by atoms with E-state index in [1.165, 1.54) is 10.8 Å². The number of nitrogens with one attached hydrogen (secondary N) is 1. The fraction of sp³-hybridized carbons (Fsp3) is 0.0625. The predicted molar refractivity (Wildman–Crippen MR) is 87.6 cm³/mol. The highest BCUT2D eigenvalue weighted by Gasteiger charge is 2.10. The molecule has 8 nitrogen and oxygen atoms in total. The number of pyridine rings is 2. The molecule has 118 valence electrons. The summed E-state index contributed by atoms with van der Waals surface area (Å²) in [6, 6.07) is 6.87. The number of fused-ring (bicyclic) bond motifs is 3. The molecule has 0 aromatic carbocycles. The number of carbonyl (C=O) groups is 1. The Kier molecular flexibility index (Phi) is 3.27. The molecule has 4 heterocycles. The summed E-state index contributed by atoms with van der Waals surface area (Å²) in [7, 11) is 0. The van der Waals surface area contributed by atoms with E-state index in [1.807, 2.05) is 0 Å². The van der Waals surface area contributed by atoms with Gasteiger partial charge in [0, 0.05) is 36.5 Å². The van der Waals surface area contributed by atoms with E-state index in [-0.39, 0.29) is 18.0 Å². The monoisotopic (exact) mass is 320 g/mol. The molecule has 0 saturated heterocycles. The van der Waals surface area contributed by atoms with Crippen molar-refractivity contribution in [3.05, 3.63) is 65.6 Å². The average molecular weight is 320 g/mol. The van der Waals surface area contributed by atoms with Crippen molar-refractivity contribution in [2.75, 3.05) is 5.32 Å². The molecule has 0 aliphatic heterocycles. The average Bonchev–Trinajstić information content (AvgIpc) is 3.07. The van der Waals surface area contributed by atoms with E-state index in [0.29, 0.717) is 22.2 Å². The van der Waals surface area contributed by atoms with Gasteiger partial charge in [0.25, 0.3) is 5.56 Å². The fourth-order valence-electron chi connectivity index (χ4n) is 2.51. The lowest BCUT2D eigenvalue weighted by Crippen LogP contribution is -2.27. The molecule has 4 rings (SSSR count). The number of nitrogens with zero attached hydrogens (tertiary/aromatic N) is 5. The van der Waals surface area contributed by atoms with Gasteiger partial charge >= 0.3 is 0 Å². The molecule has 0 fully saturated rings. The molecule has 0 saturated carbocycles. The minimum absolute atomic E-state index is 0.0890. The molecule has 8 heteroatoms. The van der Waals surface area contributed by atoms with Gasteiger partial charge in [-0.3, -0.25) is 14.6 Å². The van der Waals surface area contributed by atoms with E-state index >= 15 is 0 Å². The first kappa shape index (κ1) is 14.1. The van der Waals surface area contributed by atoms with Crippen LogP contribution in [0.2, 0.25) is 0 Å². The van der Waals surface area contributed by atoms with Gasteiger partial charge in [0.15, 0.2) is 5.65 Å². The highest BCUT2D eigenvalue weighted by molar-refractivity contribution is 5.90. The van der Waals surface area contributed by atoms with Crippen LogP contribution in [0.15, 0.2) is 60.0 Å². The van der Waals surface area contributed by atoms with Gasteiger partial charge in [-0.25, -0.2) is 9.50 Å². The van der Waals surface area contributed by atoms with Gasteiger partial charge < -0.3 is 9.88 Å². The molecule has 0 bridgehead atoms. The van der Waals surface area contributed by atoms with Crippen molar-refractivity contribution in [3.63, 3.8) is 0 Å².